The number of benzene rings is 2. The molecule has 0 N–H and O–H groups in total. The Bertz CT molecular complexity index is 936. The van der Waals surface area contributed by atoms with Gasteiger partial charge in [-0.1, -0.05) is 48.0 Å². The van der Waals surface area contributed by atoms with E-state index in [4.69, 9.17) is 11.6 Å². The third-order valence-corrected chi connectivity index (χ3v) is 4.18. The molecule has 4 rings (SSSR count). The predicted octanol–water partition coefficient (Wildman–Crippen LogP) is 3.08. The van der Waals surface area contributed by atoms with Crippen LogP contribution >= 0.6 is 11.6 Å². The second-order valence-corrected chi connectivity index (χ2v) is 5.58. The molecule has 3 aromatic rings. The van der Waals surface area contributed by atoms with Crippen LogP contribution in [0.25, 0.3) is 10.8 Å². The first-order valence-electron chi connectivity index (χ1n) is 7.02. The molecule has 0 radical (unpaired) electrons. The number of halogens is 1. The maximum atomic E-state index is 12.4. The van der Waals surface area contributed by atoms with Crippen molar-refractivity contribution in [1.82, 2.24) is 15.1 Å². The molecule has 1 aromatic heterocycles. The van der Waals surface area contributed by atoms with E-state index in [0.29, 0.717) is 22.0 Å². The molecule has 0 aliphatic carbocycles. The first-order valence-corrected chi connectivity index (χ1v) is 7.39. The van der Waals surface area contributed by atoms with Crippen LogP contribution in [-0.2, 0) is 6.54 Å². The fourth-order valence-corrected chi connectivity index (χ4v) is 2.98. The number of imide groups is 1. The molecule has 2 heterocycles. The zero-order chi connectivity index (χ0) is 16.0. The minimum absolute atomic E-state index is 0.0665. The number of rotatable bonds is 2. The summed E-state index contributed by atoms with van der Waals surface area (Å²) in [6.45, 7) is 0.0665. The van der Waals surface area contributed by atoms with Crippen molar-refractivity contribution in [3.05, 3.63) is 70.5 Å². The van der Waals surface area contributed by atoms with Crippen molar-refractivity contribution in [3.8, 4) is 0 Å². The Morgan fingerprint density at radius 2 is 1.39 bits per heavy atom. The van der Waals surface area contributed by atoms with Crippen LogP contribution in [-0.4, -0.2) is 26.9 Å². The molecule has 0 bridgehead atoms. The van der Waals surface area contributed by atoms with Gasteiger partial charge in [0.25, 0.3) is 11.8 Å². The molecule has 0 atom stereocenters. The third kappa shape index (κ3) is 2.09. The van der Waals surface area contributed by atoms with Crippen molar-refractivity contribution in [3.63, 3.8) is 0 Å². The molecule has 112 valence electrons. The Kier molecular flexibility index (Phi) is 3.09. The van der Waals surface area contributed by atoms with Gasteiger partial charge in [-0.05, 0) is 12.1 Å². The summed E-state index contributed by atoms with van der Waals surface area (Å²) in [5.41, 5.74) is 1.38. The number of nitrogens with zero attached hydrogens (tertiary/aromatic N) is 3. The molecule has 0 saturated heterocycles. The van der Waals surface area contributed by atoms with Gasteiger partial charge in [0.2, 0.25) is 0 Å². The normalized spacial score (nSPS) is 13.7. The highest BCUT2D eigenvalue weighted by molar-refractivity contribution is 6.34. The zero-order valence-electron chi connectivity index (χ0n) is 11.9. The Morgan fingerprint density at radius 1 is 0.826 bits per heavy atom. The van der Waals surface area contributed by atoms with Crippen LogP contribution < -0.4 is 0 Å². The third-order valence-electron chi connectivity index (χ3n) is 3.90. The lowest BCUT2D eigenvalue weighted by molar-refractivity contribution is 0.0641. The van der Waals surface area contributed by atoms with Crippen LogP contribution in [0, 0.1) is 0 Å². The summed E-state index contributed by atoms with van der Waals surface area (Å²) < 4.78 is 0. The van der Waals surface area contributed by atoms with E-state index in [-0.39, 0.29) is 18.4 Å². The van der Waals surface area contributed by atoms with Gasteiger partial charge in [0.05, 0.1) is 23.4 Å². The van der Waals surface area contributed by atoms with E-state index in [1.54, 1.807) is 24.3 Å². The average molecular weight is 324 g/mol. The quantitative estimate of drug-likeness (QED) is 0.680. The fraction of sp³-hybridized carbons (Fsp3) is 0.0588. The molecule has 6 heteroatoms. The minimum Gasteiger partial charge on any atom is -0.269 e. The number of hydrogen-bond acceptors (Lipinski definition) is 4. The highest BCUT2D eigenvalue weighted by Gasteiger charge is 2.35. The van der Waals surface area contributed by atoms with Crippen molar-refractivity contribution in [2.75, 3.05) is 0 Å². The predicted molar refractivity (Wildman–Crippen MR) is 85.2 cm³/mol. The summed E-state index contributed by atoms with van der Waals surface area (Å²) in [5, 5.41) is 9.81. The van der Waals surface area contributed by atoms with Crippen LogP contribution in [0.2, 0.25) is 5.15 Å². The Hall–Kier alpha value is -2.79. The maximum Gasteiger partial charge on any atom is 0.261 e. The lowest BCUT2D eigenvalue weighted by Crippen LogP contribution is -2.29. The molecule has 5 nitrogen and oxygen atoms in total. The van der Waals surface area contributed by atoms with E-state index in [1.165, 1.54) is 4.90 Å². The van der Waals surface area contributed by atoms with E-state index >= 15 is 0 Å². The standard InChI is InChI=1S/C17H10ClN3O2/c18-15-11-6-2-1-5-10(11)14(19-20-15)9-21-16(22)12-7-3-4-8-13(12)17(21)23/h1-8H,9H2. The summed E-state index contributed by atoms with van der Waals surface area (Å²) in [6, 6.07) is 14.2. The molecule has 1 aliphatic rings. The van der Waals surface area contributed by atoms with E-state index in [2.05, 4.69) is 10.2 Å². The van der Waals surface area contributed by atoms with Gasteiger partial charge in [-0.2, -0.15) is 5.10 Å². The monoisotopic (exact) mass is 323 g/mol. The van der Waals surface area contributed by atoms with Gasteiger partial charge in [-0.3, -0.25) is 14.5 Å². The Balaban J connectivity index is 1.77. The topological polar surface area (TPSA) is 63.2 Å². The number of amides is 2. The van der Waals surface area contributed by atoms with Crippen LogP contribution in [0.4, 0.5) is 0 Å². The molecule has 0 fully saturated rings. The van der Waals surface area contributed by atoms with Gasteiger partial charge in [0.1, 0.15) is 0 Å². The van der Waals surface area contributed by atoms with E-state index in [1.807, 2.05) is 24.3 Å². The first kappa shape index (κ1) is 13.8. The van der Waals surface area contributed by atoms with Gasteiger partial charge in [-0.25, -0.2) is 0 Å². The summed E-state index contributed by atoms with van der Waals surface area (Å²) in [6.07, 6.45) is 0. The average Bonchev–Trinajstić information content (AvgIpc) is 2.83. The van der Waals surface area contributed by atoms with E-state index < -0.39 is 0 Å². The molecule has 0 spiro atoms. The van der Waals surface area contributed by atoms with Crippen LogP contribution in [0.1, 0.15) is 26.4 Å². The van der Waals surface area contributed by atoms with Crippen LogP contribution in [0.5, 0.6) is 0 Å². The van der Waals surface area contributed by atoms with E-state index in [9.17, 15) is 9.59 Å². The SMILES string of the molecule is O=C1c2ccccc2C(=O)N1Cc1nnc(Cl)c2ccccc12. The van der Waals surface area contributed by atoms with Crippen molar-refractivity contribution in [1.29, 1.82) is 0 Å². The maximum absolute atomic E-state index is 12.4. The van der Waals surface area contributed by atoms with E-state index in [0.717, 1.165) is 10.8 Å². The van der Waals surface area contributed by atoms with Crippen molar-refractivity contribution in [2.24, 2.45) is 0 Å². The summed E-state index contributed by atoms with van der Waals surface area (Å²) in [7, 11) is 0. The second kappa shape index (κ2) is 5.14. The summed E-state index contributed by atoms with van der Waals surface area (Å²) in [4.78, 5) is 26.1. The number of carbonyl (C=O) groups is 2. The molecule has 0 saturated carbocycles. The molecule has 0 unspecified atom stereocenters. The summed E-state index contributed by atoms with van der Waals surface area (Å²) >= 11 is 6.05. The van der Waals surface area contributed by atoms with Crippen LogP contribution in [0.3, 0.4) is 0 Å². The summed E-state index contributed by atoms with van der Waals surface area (Å²) in [5.74, 6) is -0.627. The number of fused-ring (bicyclic) bond motifs is 2. The van der Waals surface area contributed by atoms with Crippen LogP contribution in [0.15, 0.2) is 48.5 Å². The first-order chi connectivity index (χ1) is 11.2. The lowest BCUT2D eigenvalue weighted by Gasteiger charge is -2.14. The Morgan fingerprint density at radius 3 is 2.04 bits per heavy atom. The number of carbonyl (C=O) groups excluding carboxylic acids is 2. The number of hydrogen-bond donors (Lipinski definition) is 0. The Labute approximate surface area is 136 Å². The molecular formula is C17H10ClN3O2. The van der Waals surface area contributed by atoms with Gasteiger partial charge in [0.15, 0.2) is 5.15 Å². The molecular weight excluding hydrogens is 314 g/mol. The highest BCUT2D eigenvalue weighted by Crippen LogP contribution is 2.27. The highest BCUT2D eigenvalue weighted by atomic mass is 35.5. The number of aromatic nitrogens is 2. The lowest BCUT2D eigenvalue weighted by atomic mass is 10.1. The van der Waals surface area contributed by atoms with Gasteiger partial charge < -0.3 is 0 Å². The van der Waals surface area contributed by atoms with Crippen molar-refractivity contribution in [2.45, 2.75) is 6.54 Å². The fourth-order valence-electron chi connectivity index (χ4n) is 2.78. The minimum atomic E-state index is -0.313. The van der Waals surface area contributed by atoms with Gasteiger partial charge in [0, 0.05) is 10.8 Å². The second-order valence-electron chi connectivity index (χ2n) is 5.23. The zero-order valence-corrected chi connectivity index (χ0v) is 12.6. The van der Waals surface area contributed by atoms with Crippen molar-refractivity contribution < 1.29 is 9.59 Å². The molecule has 2 amide bonds. The molecule has 1 aliphatic heterocycles. The van der Waals surface area contributed by atoms with Gasteiger partial charge >= 0.3 is 0 Å². The molecule has 2 aromatic carbocycles. The largest absolute Gasteiger partial charge is 0.269 e. The molecule has 23 heavy (non-hydrogen) atoms. The van der Waals surface area contributed by atoms with Gasteiger partial charge in [-0.15, -0.1) is 5.10 Å². The smallest absolute Gasteiger partial charge is 0.261 e. The van der Waals surface area contributed by atoms with Crippen molar-refractivity contribution >= 4 is 34.2 Å².